The van der Waals surface area contributed by atoms with E-state index in [1.807, 2.05) is 43.3 Å². The molecule has 1 unspecified atom stereocenters. The van der Waals surface area contributed by atoms with Crippen molar-refractivity contribution in [3.63, 3.8) is 0 Å². The molecule has 0 aliphatic carbocycles. The molecule has 6 nitrogen and oxygen atoms in total. The molecule has 0 aliphatic rings. The second-order valence-electron chi connectivity index (χ2n) is 6.66. The molecule has 160 valence electrons. The topological polar surface area (TPSA) is 76.7 Å². The maximum absolute atomic E-state index is 12.6. The maximum Gasteiger partial charge on any atom is 0.255 e. The van der Waals surface area contributed by atoms with Crippen molar-refractivity contribution in [1.29, 1.82) is 0 Å². The lowest BCUT2D eigenvalue weighted by molar-refractivity contribution is -0.115. The average molecular weight is 437 g/mol. The number of para-hydroxylation sites is 2. The largest absolute Gasteiger partial charge is 0.497 e. The highest BCUT2D eigenvalue weighted by Gasteiger charge is 2.16. The van der Waals surface area contributed by atoms with Crippen LogP contribution in [0.5, 0.6) is 11.5 Å². The van der Waals surface area contributed by atoms with E-state index in [0.717, 1.165) is 4.90 Å². The van der Waals surface area contributed by atoms with Crippen molar-refractivity contribution in [2.45, 2.75) is 17.1 Å². The molecular formula is C24H24N2O4S. The van der Waals surface area contributed by atoms with Crippen LogP contribution in [0.4, 0.5) is 11.4 Å². The van der Waals surface area contributed by atoms with Gasteiger partial charge in [0.1, 0.15) is 11.5 Å². The SMILES string of the molecule is COc1cccc(C(=O)Nc2ccc(SC(C)C(=O)Nc3ccccc3OC)cc2)c1. The van der Waals surface area contributed by atoms with E-state index in [2.05, 4.69) is 10.6 Å². The lowest BCUT2D eigenvalue weighted by atomic mass is 10.2. The number of thioether (sulfide) groups is 1. The fourth-order valence-corrected chi connectivity index (χ4v) is 3.69. The van der Waals surface area contributed by atoms with Crippen LogP contribution in [-0.2, 0) is 4.79 Å². The Morgan fingerprint density at radius 2 is 1.61 bits per heavy atom. The highest BCUT2D eigenvalue weighted by molar-refractivity contribution is 8.00. The van der Waals surface area contributed by atoms with E-state index in [9.17, 15) is 9.59 Å². The van der Waals surface area contributed by atoms with Crippen molar-refractivity contribution in [3.05, 3.63) is 78.4 Å². The molecular weight excluding hydrogens is 412 g/mol. The summed E-state index contributed by atoms with van der Waals surface area (Å²) in [4.78, 5) is 25.9. The van der Waals surface area contributed by atoms with E-state index < -0.39 is 0 Å². The van der Waals surface area contributed by atoms with Crippen LogP contribution in [0.15, 0.2) is 77.7 Å². The van der Waals surface area contributed by atoms with Crippen LogP contribution in [0, 0.1) is 0 Å². The summed E-state index contributed by atoms with van der Waals surface area (Å²) in [6.07, 6.45) is 0. The number of ether oxygens (including phenoxy) is 2. The maximum atomic E-state index is 12.6. The number of amides is 2. The fourth-order valence-electron chi connectivity index (χ4n) is 2.82. The van der Waals surface area contributed by atoms with Crippen molar-refractivity contribution in [1.82, 2.24) is 0 Å². The molecule has 31 heavy (non-hydrogen) atoms. The van der Waals surface area contributed by atoms with Crippen molar-refractivity contribution in [2.75, 3.05) is 24.9 Å². The van der Waals surface area contributed by atoms with Gasteiger partial charge in [0.05, 0.1) is 25.2 Å². The molecule has 3 rings (SSSR count). The zero-order chi connectivity index (χ0) is 22.2. The molecule has 7 heteroatoms. The summed E-state index contributed by atoms with van der Waals surface area (Å²) < 4.78 is 10.4. The van der Waals surface area contributed by atoms with Crippen molar-refractivity contribution >= 4 is 35.0 Å². The lowest BCUT2D eigenvalue weighted by Crippen LogP contribution is -2.22. The molecule has 3 aromatic carbocycles. The number of nitrogens with one attached hydrogen (secondary N) is 2. The summed E-state index contributed by atoms with van der Waals surface area (Å²) in [5.41, 5.74) is 1.82. The zero-order valence-electron chi connectivity index (χ0n) is 17.5. The van der Waals surface area contributed by atoms with Crippen LogP contribution in [0.2, 0.25) is 0 Å². The molecule has 2 N–H and O–H groups in total. The highest BCUT2D eigenvalue weighted by atomic mass is 32.2. The van der Waals surface area contributed by atoms with Crippen LogP contribution in [-0.4, -0.2) is 31.3 Å². The van der Waals surface area contributed by atoms with Gasteiger partial charge < -0.3 is 20.1 Å². The van der Waals surface area contributed by atoms with E-state index in [1.54, 1.807) is 50.6 Å². The third-order valence-electron chi connectivity index (χ3n) is 4.49. The number of hydrogen-bond donors (Lipinski definition) is 2. The van der Waals surface area contributed by atoms with Crippen molar-refractivity contribution < 1.29 is 19.1 Å². The number of anilines is 2. The molecule has 3 aromatic rings. The minimum Gasteiger partial charge on any atom is -0.497 e. The van der Waals surface area contributed by atoms with Crippen LogP contribution in [0.1, 0.15) is 17.3 Å². The third kappa shape index (κ3) is 6.02. The number of carbonyl (C=O) groups excluding carboxylic acids is 2. The molecule has 0 bridgehead atoms. The Labute approximate surface area is 186 Å². The van der Waals surface area contributed by atoms with Crippen LogP contribution < -0.4 is 20.1 Å². The summed E-state index contributed by atoms with van der Waals surface area (Å²) >= 11 is 1.43. The molecule has 0 saturated heterocycles. The first-order valence-corrected chi connectivity index (χ1v) is 10.5. The minimum absolute atomic E-state index is 0.120. The third-order valence-corrected chi connectivity index (χ3v) is 5.60. The summed E-state index contributed by atoms with van der Waals surface area (Å²) in [7, 11) is 3.13. The van der Waals surface area contributed by atoms with E-state index >= 15 is 0 Å². The Hall–Kier alpha value is -3.45. The van der Waals surface area contributed by atoms with Gasteiger partial charge in [-0.15, -0.1) is 11.8 Å². The Kier molecular flexibility index (Phi) is 7.56. The summed E-state index contributed by atoms with van der Waals surface area (Å²) in [6, 6.07) is 21.6. The van der Waals surface area contributed by atoms with Gasteiger partial charge in [0.2, 0.25) is 5.91 Å². The molecule has 0 fully saturated rings. The van der Waals surface area contributed by atoms with Gasteiger partial charge in [-0.05, 0) is 61.5 Å². The second-order valence-corrected chi connectivity index (χ2v) is 8.07. The predicted octanol–water partition coefficient (Wildman–Crippen LogP) is 5.08. The number of hydrogen-bond acceptors (Lipinski definition) is 5. The van der Waals surface area contributed by atoms with Gasteiger partial charge >= 0.3 is 0 Å². The normalized spacial score (nSPS) is 11.3. The number of carbonyl (C=O) groups is 2. The molecule has 0 radical (unpaired) electrons. The summed E-state index contributed by atoms with van der Waals surface area (Å²) in [6.45, 7) is 1.84. The molecule has 0 aromatic heterocycles. The fraction of sp³-hybridized carbons (Fsp3) is 0.167. The Bertz CT molecular complexity index is 1050. The van der Waals surface area contributed by atoms with Gasteiger partial charge in [0.15, 0.2) is 0 Å². The van der Waals surface area contributed by atoms with Crippen LogP contribution in [0.25, 0.3) is 0 Å². The minimum atomic E-state index is -0.317. The van der Waals surface area contributed by atoms with E-state index in [1.165, 1.54) is 11.8 Å². The van der Waals surface area contributed by atoms with Gasteiger partial charge in [-0.1, -0.05) is 18.2 Å². The molecule has 0 saturated carbocycles. The van der Waals surface area contributed by atoms with Gasteiger partial charge in [-0.25, -0.2) is 0 Å². The quantitative estimate of drug-likeness (QED) is 0.482. The average Bonchev–Trinajstić information content (AvgIpc) is 2.80. The van der Waals surface area contributed by atoms with E-state index in [0.29, 0.717) is 28.4 Å². The van der Waals surface area contributed by atoms with E-state index in [4.69, 9.17) is 9.47 Å². The van der Waals surface area contributed by atoms with Crippen molar-refractivity contribution in [3.8, 4) is 11.5 Å². The standard InChI is InChI=1S/C24H24N2O4S/c1-16(23(27)26-21-9-4-5-10-22(21)30-3)31-20-13-11-18(12-14-20)25-24(28)17-7-6-8-19(15-17)29-2/h4-16H,1-3H3,(H,25,28)(H,26,27). The van der Waals surface area contributed by atoms with Crippen molar-refractivity contribution in [2.24, 2.45) is 0 Å². The first kappa shape index (κ1) is 22.2. The van der Waals surface area contributed by atoms with Crippen LogP contribution >= 0.6 is 11.8 Å². The molecule has 0 spiro atoms. The summed E-state index contributed by atoms with van der Waals surface area (Å²) in [5.74, 6) is 0.901. The first-order chi connectivity index (χ1) is 15.0. The van der Waals surface area contributed by atoms with E-state index in [-0.39, 0.29) is 17.1 Å². The predicted molar refractivity (Wildman–Crippen MR) is 124 cm³/mol. The number of rotatable bonds is 8. The zero-order valence-corrected chi connectivity index (χ0v) is 18.4. The smallest absolute Gasteiger partial charge is 0.255 e. The second kappa shape index (κ2) is 10.5. The van der Waals surface area contributed by atoms with Gasteiger partial charge in [-0.2, -0.15) is 0 Å². The molecule has 0 heterocycles. The summed E-state index contributed by atoms with van der Waals surface area (Å²) in [5, 5.41) is 5.44. The Balaban J connectivity index is 1.58. The number of methoxy groups -OCH3 is 2. The highest BCUT2D eigenvalue weighted by Crippen LogP contribution is 2.28. The Morgan fingerprint density at radius 3 is 2.32 bits per heavy atom. The molecule has 2 amide bonds. The lowest BCUT2D eigenvalue weighted by Gasteiger charge is -2.14. The monoisotopic (exact) mass is 436 g/mol. The molecule has 1 atom stereocenters. The van der Waals surface area contributed by atoms with Gasteiger partial charge in [0.25, 0.3) is 5.91 Å². The van der Waals surface area contributed by atoms with Gasteiger partial charge in [0, 0.05) is 16.1 Å². The number of benzene rings is 3. The van der Waals surface area contributed by atoms with Crippen LogP contribution in [0.3, 0.4) is 0 Å². The Morgan fingerprint density at radius 1 is 0.871 bits per heavy atom. The first-order valence-electron chi connectivity index (χ1n) is 9.66. The van der Waals surface area contributed by atoms with Gasteiger partial charge in [-0.3, -0.25) is 9.59 Å². The molecule has 0 aliphatic heterocycles.